The third-order valence-corrected chi connectivity index (χ3v) is 4.05. The van der Waals surface area contributed by atoms with E-state index in [1.165, 1.54) is 16.7 Å². The molecule has 0 bridgehead atoms. The molecular formula is C18H24N2O. The summed E-state index contributed by atoms with van der Waals surface area (Å²) in [5.41, 5.74) is 11.1. The van der Waals surface area contributed by atoms with Crippen LogP contribution in [0.25, 0.3) is 0 Å². The van der Waals surface area contributed by atoms with Gasteiger partial charge in [0, 0.05) is 19.3 Å². The van der Waals surface area contributed by atoms with Gasteiger partial charge in [-0.2, -0.15) is 0 Å². The van der Waals surface area contributed by atoms with Crippen LogP contribution in [0.4, 0.5) is 5.69 Å². The smallest absolute Gasteiger partial charge is 0.119 e. The third kappa shape index (κ3) is 3.19. The minimum Gasteiger partial charge on any atom is -0.497 e. The Bertz CT molecular complexity index is 572. The highest BCUT2D eigenvalue weighted by atomic mass is 16.5. The summed E-state index contributed by atoms with van der Waals surface area (Å²) in [5, 5.41) is 0. The van der Waals surface area contributed by atoms with Crippen molar-refractivity contribution in [2.75, 3.05) is 25.6 Å². The molecule has 0 fully saturated rings. The number of ether oxygens (including phenoxy) is 1. The molecule has 0 spiro atoms. The highest BCUT2D eigenvalue weighted by Gasteiger charge is 2.19. The molecule has 0 aliphatic heterocycles. The summed E-state index contributed by atoms with van der Waals surface area (Å²) in [6.45, 7) is 4.87. The van der Waals surface area contributed by atoms with Crippen LogP contribution in [0, 0.1) is 13.8 Å². The molecule has 2 aromatic rings. The number of aryl methyl sites for hydroxylation is 2. The van der Waals surface area contributed by atoms with Crippen molar-refractivity contribution in [3.05, 3.63) is 59.2 Å². The summed E-state index contributed by atoms with van der Waals surface area (Å²) in [6.07, 6.45) is 0. The highest BCUT2D eigenvalue weighted by Crippen LogP contribution is 2.30. The summed E-state index contributed by atoms with van der Waals surface area (Å²) < 4.78 is 5.22. The first-order valence-electron chi connectivity index (χ1n) is 7.21. The third-order valence-electron chi connectivity index (χ3n) is 4.05. The lowest BCUT2D eigenvalue weighted by atomic mass is 9.95. The fraction of sp³-hybridized carbons (Fsp3) is 0.333. The molecule has 0 radical (unpaired) electrons. The predicted octanol–water partition coefficient (Wildman–Crippen LogP) is 3.45. The second kappa shape index (κ2) is 6.64. The molecule has 1 atom stereocenters. The van der Waals surface area contributed by atoms with E-state index in [1.54, 1.807) is 7.11 Å². The molecule has 112 valence electrons. The van der Waals surface area contributed by atoms with Crippen LogP contribution in [-0.2, 0) is 0 Å². The second-order valence-electron chi connectivity index (χ2n) is 5.37. The lowest BCUT2D eigenvalue weighted by molar-refractivity contribution is 0.415. The number of nitrogens with two attached hydrogens (primary N) is 1. The van der Waals surface area contributed by atoms with Crippen molar-refractivity contribution in [3.63, 3.8) is 0 Å². The zero-order valence-corrected chi connectivity index (χ0v) is 13.3. The maximum atomic E-state index is 6.07. The van der Waals surface area contributed by atoms with Gasteiger partial charge in [0.05, 0.1) is 13.2 Å². The molecule has 1 unspecified atom stereocenters. The first-order chi connectivity index (χ1) is 10.1. The van der Waals surface area contributed by atoms with Gasteiger partial charge < -0.3 is 15.4 Å². The molecular weight excluding hydrogens is 260 g/mol. The molecule has 0 aliphatic carbocycles. The average Bonchev–Trinajstić information content (AvgIpc) is 2.50. The van der Waals surface area contributed by atoms with Gasteiger partial charge in [-0.1, -0.05) is 18.2 Å². The topological polar surface area (TPSA) is 38.5 Å². The van der Waals surface area contributed by atoms with Gasteiger partial charge in [-0.05, 0) is 54.8 Å². The van der Waals surface area contributed by atoms with Gasteiger partial charge in [0.1, 0.15) is 5.75 Å². The summed E-state index contributed by atoms with van der Waals surface area (Å²) in [5.74, 6) is 0.864. The fourth-order valence-electron chi connectivity index (χ4n) is 2.82. The Morgan fingerprint density at radius 1 is 1.05 bits per heavy atom. The SMILES string of the molecule is COc1ccc(N(C)C(CN)c2c(C)cccc2C)cc1. The Morgan fingerprint density at radius 3 is 2.10 bits per heavy atom. The molecule has 0 amide bonds. The Kier molecular flexibility index (Phi) is 4.86. The van der Waals surface area contributed by atoms with Crippen molar-refractivity contribution >= 4 is 5.69 Å². The van der Waals surface area contributed by atoms with Crippen LogP contribution in [0.5, 0.6) is 5.75 Å². The summed E-state index contributed by atoms with van der Waals surface area (Å²) in [7, 11) is 3.77. The quantitative estimate of drug-likeness (QED) is 0.914. The van der Waals surface area contributed by atoms with E-state index in [4.69, 9.17) is 10.5 Å². The van der Waals surface area contributed by atoms with E-state index in [9.17, 15) is 0 Å². The lowest BCUT2D eigenvalue weighted by Crippen LogP contribution is -2.31. The summed E-state index contributed by atoms with van der Waals surface area (Å²) >= 11 is 0. The normalized spacial score (nSPS) is 12.0. The van der Waals surface area contributed by atoms with E-state index in [1.807, 2.05) is 12.1 Å². The molecule has 3 nitrogen and oxygen atoms in total. The monoisotopic (exact) mass is 284 g/mol. The standard InChI is InChI=1S/C18H24N2O/c1-13-6-5-7-14(2)18(13)17(12-19)20(3)15-8-10-16(21-4)11-9-15/h5-11,17H,12,19H2,1-4H3. The molecule has 2 N–H and O–H groups in total. The molecule has 21 heavy (non-hydrogen) atoms. The minimum absolute atomic E-state index is 0.166. The van der Waals surface area contributed by atoms with Gasteiger partial charge in [0.2, 0.25) is 0 Å². The van der Waals surface area contributed by atoms with Crippen LogP contribution in [0.2, 0.25) is 0 Å². The molecule has 2 aromatic carbocycles. The van der Waals surface area contributed by atoms with E-state index in [0.29, 0.717) is 6.54 Å². The van der Waals surface area contributed by atoms with E-state index >= 15 is 0 Å². The van der Waals surface area contributed by atoms with Gasteiger partial charge in [0.25, 0.3) is 0 Å². The number of rotatable bonds is 5. The number of anilines is 1. The van der Waals surface area contributed by atoms with E-state index in [2.05, 4.69) is 56.1 Å². The number of hydrogen-bond donors (Lipinski definition) is 1. The number of methoxy groups -OCH3 is 1. The molecule has 0 aliphatic rings. The van der Waals surface area contributed by atoms with Crippen molar-refractivity contribution < 1.29 is 4.74 Å². The van der Waals surface area contributed by atoms with Gasteiger partial charge in [-0.3, -0.25) is 0 Å². The summed E-state index contributed by atoms with van der Waals surface area (Å²) in [4.78, 5) is 2.23. The van der Waals surface area contributed by atoms with Crippen molar-refractivity contribution in [1.82, 2.24) is 0 Å². The Labute approximate surface area is 127 Å². The van der Waals surface area contributed by atoms with Gasteiger partial charge >= 0.3 is 0 Å². The molecule has 2 rings (SSSR count). The lowest BCUT2D eigenvalue weighted by Gasteiger charge is -2.31. The van der Waals surface area contributed by atoms with E-state index in [-0.39, 0.29) is 6.04 Å². The van der Waals surface area contributed by atoms with Crippen LogP contribution in [0.1, 0.15) is 22.7 Å². The van der Waals surface area contributed by atoms with E-state index in [0.717, 1.165) is 11.4 Å². The van der Waals surface area contributed by atoms with Crippen molar-refractivity contribution in [2.45, 2.75) is 19.9 Å². The van der Waals surface area contributed by atoms with Crippen LogP contribution in [-0.4, -0.2) is 20.7 Å². The average molecular weight is 284 g/mol. The van der Waals surface area contributed by atoms with Crippen molar-refractivity contribution in [3.8, 4) is 5.75 Å². The minimum atomic E-state index is 0.166. The number of hydrogen-bond acceptors (Lipinski definition) is 3. The van der Waals surface area contributed by atoms with Crippen molar-refractivity contribution in [2.24, 2.45) is 5.73 Å². The maximum Gasteiger partial charge on any atom is 0.119 e. The Morgan fingerprint density at radius 2 is 1.62 bits per heavy atom. The molecule has 0 aromatic heterocycles. The Hall–Kier alpha value is -2.00. The first-order valence-corrected chi connectivity index (χ1v) is 7.21. The van der Waals surface area contributed by atoms with Crippen LogP contribution in [0.3, 0.4) is 0 Å². The van der Waals surface area contributed by atoms with Gasteiger partial charge in [-0.25, -0.2) is 0 Å². The summed E-state index contributed by atoms with van der Waals surface area (Å²) in [6, 6.07) is 14.6. The number of likely N-dealkylation sites (N-methyl/N-ethyl adjacent to an activating group) is 1. The van der Waals surface area contributed by atoms with Crippen LogP contribution >= 0.6 is 0 Å². The number of benzene rings is 2. The molecule has 0 saturated heterocycles. The van der Waals surface area contributed by atoms with Gasteiger partial charge in [-0.15, -0.1) is 0 Å². The van der Waals surface area contributed by atoms with Crippen LogP contribution in [0.15, 0.2) is 42.5 Å². The number of nitrogens with zero attached hydrogens (tertiary/aromatic N) is 1. The van der Waals surface area contributed by atoms with Crippen molar-refractivity contribution in [1.29, 1.82) is 0 Å². The highest BCUT2D eigenvalue weighted by molar-refractivity contribution is 5.52. The van der Waals surface area contributed by atoms with Gasteiger partial charge in [0.15, 0.2) is 0 Å². The van der Waals surface area contributed by atoms with Crippen LogP contribution < -0.4 is 15.4 Å². The largest absolute Gasteiger partial charge is 0.497 e. The molecule has 0 saturated carbocycles. The maximum absolute atomic E-state index is 6.07. The fourth-order valence-corrected chi connectivity index (χ4v) is 2.82. The molecule has 0 heterocycles. The Balaban J connectivity index is 2.35. The predicted molar refractivity (Wildman–Crippen MR) is 89.1 cm³/mol. The zero-order valence-electron chi connectivity index (χ0n) is 13.3. The molecule has 3 heteroatoms. The first kappa shape index (κ1) is 15.4. The zero-order chi connectivity index (χ0) is 15.4. The second-order valence-corrected chi connectivity index (χ2v) is 5.37. The van der Waals surface area contributed by atoms with E-state index < -0.39 is 0 Å².